The van der Waals surface area contributed by atoms with E-state index in [-0.39, 0.29) is 10.8 Å². The molecule has 0 aromatic rings. The molecule has 2 heteroatoms. The van der Waals surface area contributed by atoms with Crippen LogP contribution in [0.25, 0.3) is 0 Å². The Hall–Kier alpha value is -0.0800. The highest BCUT2D eigenvalue weighted by Crippen LogP contribution is 2.78. The maximum absolute atomic E-state index is 5.73. The normalized spacial score (nSPS) is 45.4. The van der Waals surface area contributed by atoms with Gasteiger partial charge < -0.3 is 9.47 Å². The van der Waals surface area contributed by atoms with Crippen molar-refractivity contribution < 1.29 is 9.47 Å². The third-order valence-electron chi connectivity index (χ3n) is 7.01. The molecule has 2 unspecified atom stereocenters. The fourth-order valence-corrected chi connectivity index (χ4v) is 4.79. The van der Waals surface area contributed by atoms with Gasteiger partial charge in [-0.1, -0.05) is 34.6 Å². The summed E-state index contributed by atoms with van der Waals surface area (Å²) in [5, 5.41) is 0. The van der Waals surface area contributed by atoms with Crippen molar-refractivity contribution in [1.82, 2.24) is 0 Å². The molecule has 0 N–H and O–H groups in total. The zero-order valence-electron chi connectivity index (χ0n) is 11.9. The monoisotopic (exact) mass is 238 g/mol. The van der Waals surface area contributed by atoms with Crippen LogP contribution < -0.4 is 0 Å². The largest absolute Gasteiger partial charge is 0.355 e. The van der Waals surface area contributed by atoms with E-state index in [9.17, 15) is 0 Å². The molecule has 1 spiro atoms. The van der Waals surface area contributed by atoms with Crippen LogP contribution in [-0.4, -0.2) is 20.0 Å². The molecule has 1 aliphatic heterocycles. The molecule has 0 amide bonds. The molecule has 2 aliphatic carbocycles. The van der Waals surface area contributed by atoms with Gasteiger partial charge in [0.25, 0.3) is 0 Å². The van der Waals surface area contributed by atoms with E-state index in [1.54, 1.807) is 0 Å². The first-order chi connectivity index (χ1) is 7.77. The van der Waals surface area contributed by atoms with Gasteiger partial charge in [-0.2, -0.15) is 0 Å². The zero-order chi connectivity index (χ0) is 12.5. The van der Waals surface area contributed by atoms with E-state index in [0.29, 0.717) is 17.6 Å². The zero-order valence-corrected chi connectivity index (χ0v) is 11.9. The summed E-state index contributed by atoms with van der Waals surface area (Å²) in [6.07, 6.45) is 2.73. The number of rotatable bonds is 0. The molecule has 2 atom stereocenters. The first kappa shape index (κ1) is 12.0. The Morgan fingerprint density at radius 2 is 1.47 bits per heavy atom. The summed E-state index contributed by atoms with van der Waals surface area (Å²) in [5.41, 5.74) is 1.30. The quantitative estimate of drug-likeness (QED) is 0.643. The Morgan fingerprint density at radius 1 is 0.882 bits per heavy atom. The molecule has 2 saturated carbocycles. The van der Waals surface area contributed by atoms with E-state index in [2.05, 4.69) is 34.6 Å². The molecule has 98 valence electrons. The molecule has 3 rings (SSSR count). The van der Waals surface area contributed by atoms with Crippen LogP contribution >= 0.6 is 0 Å². The van der Waals surface area contributed by atoms with Crippen molar-refractivity contribution in [3.63, 3.8) is 0 Å². The van der Waals surface area contributed by atoms with Gasteiger partial charge in [0.2, 0.25) is 0 Å². The summed E-state index contributed by atoms with van der Waals surface area (Å²) >= 11 is 0. The van der Waals surface area contributed by atoms with Crippen molar-refractivity contribution >= 4 is 0 Å². The fraction of sp³-hybridized carbons (Fsp3) is 1.00. The summed E-state index contributed by atoms with van der Waals surface area (Å²) in [4.78, 5) is 0. The molecule has 17 heavy (non-hydrogen) atoms. The van der Waals surface area contributed by atoms with E-state index in [0.717, 1.165) is 19.1 Å². The van der Waals surface area contributed by atoms with Crippen LogP contribution in [-0.2, 0) is 9.47 Å². The SMILES string of the molecule is CC1(C)CC2CC2(C)C2(COCOC2)C1(C)C. The number of hydrogen-bond donors (Lipinski definition) is 0. The van der Waals surface area contributed by atoms with Crippen LogP contribution in [0.15, 0.2) is 0 Å². The molecule has 3 fully saturated rings. The summed E-state index contributed by atoms with van der Waals surface area (Å²) in [6.45, 7) is 14.5. The second kappa shape index (κ2) is 3.08. The third kappa shape index (κ3) is 1.19. The van der Waals surface area contributed by atoms with E-state index in [1.165, 1.54) is 12.8 Å². The molecule has 0 bridgehead atoms. The Labute approximate surface area is 105 Å². The Bertz CT molecular complexity index is 339. The highest BCUT2D eigenvalue weighted by atomic mass is 16.7. The van der Waals surface area contributed by atoms with Gasteiger partial charge in [-0.15, -0.1) is 0 Å². The summed E-state index contributed by atoms with van der Waals surface area (Å²) in [5.74, 6) is 0.885. The summed E-state index contributed by atoms with van der Waals surface area (Å²) < 4.78 is 11.5. The topological polar surface area (TPSA) is 18.5 Å². The average molecular weight is 238 g/mol. The molecule has 1 saturated heterocycles. The third-order valence-corrected chi connectivity index (χ3v) is 7.01. The standard InChI is InChI=1S/C15H26O2/c1-12(2)6-11-7-14(11,5)15(13(12,3)4)8-16-10-17-9-15/h11H,6-10H2,1-5H3. The van der Waals surface area contributed by atoms with Crippen molar-refractivity contribution in [3.05, 3.63) is 0 Å². The summed E-state index contributed by atoms with van der Waals surface area (Å²) in [6, 6.07) is 0. The molecule has 3 aliphatic rings. The van der Waals surface area contributed by atoms with Gasteiger partial charge in [-0.25, -0.2) is 0 Å². The Morgan fingerprint density at radius 3 is 2.06 bits per heavy atom. The van der Waals surface area contributed by atoms with Crippen molar-refractivity contribution in [3.8, 4) is 0 Å². The predicted molar refractivity (Wildman–Crippen MR) is 67.6 cm³/mol. The minimum atomic E-state index is 0.213. The van der Waals surface area contributed by atoms with Gasteiger partial charge in [0.1, 0.15) is 6.79 Å². The smallest absolute Gasteiger partial charge is 0.146 e. The number of hydrogen-bond acceptors (Lipinski definition) is 2. The molecular weight excluding hydrogens is 212 g/mol. The van der Waals surface area contributed by atoms with Crippen molar-refractivity contribution in [2.45, 2.75) is 47.5 Å². The van der Waals surface area contributed by atoms with Gasteiger partial charge in [0.15, 0.2) is 0 Å². The van der Waals surface area contributed by atoms with E-state index in [4.69, 9.17) is 9.47 Å². The lowest BCUT2D eigenvalue weighted by Gasteiger charge is -2.62. The van der Waals surface area contributed by atoms with Crippen molar-refractivity contribution in [1.29, 1.82) is 0 Å². The van der Waals surface area contributed by atoms with E-state index >= 15 is 0 Å². The van der Waals surface area contributed by atoms with Gasteiger partial charge >= 0.3 is 0 Å². The van der Waals surface area contributed by atoms with E-state index < -0.39 is 0 Å². The first-order valence-electron chi connectivity index (χ1n) is 6.92. The maximum Gasteiger partial charge on any atom is 0.146 e. The highest BCUT2D eigenvalue weighted by molar-refractivity contribution is 5.22. The maximum atomic E-state index is 5.73. The molecule has 0 radical (unpaired) electrons. The van der Waals surface area contributed by atoms with Crippen LogP contribution in [0.4, 0.5) is 0 Å². The van der Waals surface area contributed by atoms with Crippen molar-refractivity contribution in [2.75, 3.05) is 20.0 Å². The molecule has 0 aromatic carbocycles. The highest BCUT2D eigenvalue weighted by Gasteiger charge is 2.75. The van der Waals surface area contributed by atoms with Crippen LogP contribution in [0.1, 0.15) is 47.5 Å². The fourth-order valence-electron chi connectivity index (χ4n) is 4.79. The lowest BCUT2D eigenvalue weighted by molar-refractivity contribution is -0.258. The van der Waals surface area contributed by atoms with Crippen molar-refractivity contribution in [2.24, 2.45) is 27.6 Å². The first-order valence-corrected chi connectivity index (χ1v) is 6.92. The van der Waals surface area contributed by atoms with Crippen LogP contribution in [0, 0.1) is 27.6 Å². The van der Waals surface area contributed by atoms with Crippen LogP contribution in [0.5, 0.6) is 0 Å². The van der Waals surface area contributed by atoms with Gasteiger partial charge in [0.05, 0.1) is 13.2 Å². The molecule has 1 heterocycles. The molecule has 0 aromatic heterocycles. The molecule has 2 nitrogen and oxygen atoms in total. The lowest BCUT2D eigenvalue weighted by Crippen LogP contribution is -2.61. The predicted octanol–water partition coefficient (Wildman–Crippen LogP) is 3.46. The molecular formula is C15H26O2. The Balaban J connectivity index is 2.08. The second-order valence-electron chi connectivity index (χ2n) is 7.93. The number of fused-ring (bicyclic) bond motifs is 2. The second-order valence-corrected chi connectivity index (χ2v) is 7.93. The van der Waals surface area contributed by atoms with Crippen LogP contribution in [0.2, 0.25) is 0 Å². The number of ether oxygens (including phenoxy) is 2. The minimum Gasteiger partial charge on any atom is -0.355 e. The lowest BCUT2D eigenvalue weighted by atomic mass is 9.44. The Kier molecular flexibility index (Phi) is 2.17. The van der Waals surface area contributed by atoms with Gasteiger partial charge in [-0.05, 0) is 35.0 Å². The van der Waals surface area contributed by atoms with E-state index in [1.807, 2.05) is 0 Å². The summed E-state index contributed by atoms with van der Waals surface area (Å²) in [7, 11) is 0. The van der Waals surface area contributed by atoms with Gasteiger partial charge in [0, 0.05) is 5.41 Å². The average Bonchev–Trinajstić information content (AvgIpc) is 2.89. The van der Waals surface area contributed by atoms with Gasteiger partial charge in [-0.3, -0.25) is 0 Å². The van der Waals surface area contributed by atoms with Crippen LogP contribution in [0.3, 0.4) is 0 Å². The minimum absolute atomic E-state index is 0.213.